The molecule has 2 heteroatoms. The van der Waals surface area contributed by atoms with Crippen LogP contribution in [0, 0.1) is 0 Å². The van der Waals surface area contributed by atoms with Crippen molar-refractivity contribution >= 4 is 11.6 Å². The number of halogens is 1. The molecule has 0 saturated heterocycles. The maximum atomic E-state index is 6.00. The minimum atomic E-state index is 0.452. The highest BCUT2D eigenvalue weighted by Gasteiger charge is 2.26. The van der Waals surface area contributed by atoms with E-state index in [0.717, 1.165) is 10.8 Å². The fourth-order valence-electron chi connectivity index (χ4n) is 3.20. The Morgan fingerprint density at radius 1 is 1.00 bits per heavy atom. The lowest BCUT2D eigenvalue weighted by atomic mass is 9.74. The van der Waals surface area contributed by atoms with Gasteiger partial charge in [-0.3, -0.25) is 0 Å². The molecule has 0 heterocycles. The second-order valence-electron chi connectivity index (χ2n) is 5.58. The molecule has 2 aromatic carbocycles. The van der Waals surface area contributed by atoms with Crippen molar-refractivity contribution in [2.75, 3.05) is 7.11 Å². The highest BCUT2D eigenvalue weighted by atomic mass is 35.5. The Hall–Kier alpha value is -1.47. The van der Waals surface area contributed by atoms with Gasteiger partial charge in [0.25, 0.3) is 0 Å². The van der Waals surface area contributed by atoms with Crippen LogP contribution in [-0.4, -0.2) is 7.11 Å². The summed E-state index contributed by atoms with van der Waals surface area (Å²) in [4.78, 5) is 0. The minimum absolute atomic E-state index is 0.452. The lowest BCUT2D eigenvalue weighted by molar-refractivity contribution is 0.412. The number of fused-ring (bicyclic) bond motifs is 1. The van der Waals surface area contributed by atoms with Crippen molar-refractivity contribution in [1.29, 1.82) is 0 Å². The summed E-state index contributed by atoms with van der Waals surface area (Å²) in [6, 6.07) is 14.7. The molecule has 0 spiro atoms. The third-order valence-corrected chi connectivity index (χ3v) is 4.61. The Bertz CT molecular complexity index is 603. The molecule has 1 aliphatic carbocycles. The van der Waals surface area contributed by atoms with Gasteiger partial charge in [-0.2, -0.15) is 0 Å². The lowest BCUT2D eigenvalue weighted by Gasteiger charge is -2.30. The third kappa shape index (κ3) is 2.43. The van der Waals surface area contributed by atoms with E-state index in [9.17, 15) is 0 Å². The summed E-state index contributed by atoms with van der Waals surface area (Å²) in [6.07, 6.45) is 2.41. The van der Waals surface area contributed by atoms with Crippen LogP contribution in [-0.2, 0) is 0 Å². The van der Waals surface area contributed by atoms with E-state index < -0.39 is 0 Å². The van der Waals surface area contributed by atoms with Crippen molar-refractivity contribution in [3.05, 3.63) is 64.2 Å². The molecule has 104 valence electrons. The summed E-state index contributed by atoms with van der Waals surface area (Å²) >= 11 is 6.00. The molecule has 1 nitrogen and oxygen atoms in total. The van der Waals surface area contributed by atoms with Crippen LogP contribution in [0.1, 0.15) is 48.3 Å². The van der Waals surface area contributed by atoms with Gasteiger partial charge in [0, 0.05) is 10.9 Å². The van der Waals surface area contributed by atoms with E-state index in [1.54, 1.807) is 7.11 Å². The molecule has 0 fully saturated rings. The molecular formula is C18H19ClO. The smallest absolute Gasteiger partial charge is 0.119 e. The SMILES string of the molecule is COc1ccc2c(c1)C(c1ccc(Cl)cc1)CCC2C. The summed E-state index contributed by atoms with van der Waals surface area (Å²) < 4.78 is 5.40. The van der Waals surface area contributed by atoms with Gasteiger partial charge < -0.3 is 4.74 Å². The average Bonchev–Trinajstić information content (AvgIpc) is 2.48. The van der Waals surface area contributed by atoms with Gasteiger partial charge in [-0.25, -0.2) is 0 Å². The summed E-state index contributed by atoms with van der Waals surface area (Å²) in [5, 5.41) is 0.795. The molecule has 3 rings (SSSR count). The molecule has 0 aliphatic heterocycles. The van der Waals surface area contributed by atoms with Crippen molar-refractivity contribution in [2.24, 2.45) is 0 Å². The second kappa shape index (κ2) is 5.49. The van der Waals surface area contributed by atoms with Gasteiger partial charge >= 0.3 is 0 Å². The molecule has 2 unspecified atom stereocenters. The summed E-state index contributed by atoms with van der Waals surface area (Å²) in [5.74, 6) is 2.02. The molecule has 0 aromatic heterocycles. The fourth-order valence-corrected chi connectivity index (χ4v) is 3.33. The first kappa shape index (κ1) is 13.5. The summed E-state index contributed by atoms with van der Waals surface area (Å²) in [7, 11) is 1.73. The van der Waals surface area contributed by atoms with Crippen molar-refractivity contribution < 1.29 is 4.74 Å². The lowest BCUT2D eigenvalue weighted by Crippen LogP contribution is -2.14. The number of benzene rings is 2. The van der Waals surface area contributed by atoms with Gasteiger partial charge in [-0.15, -0.1) is 0 Å². The van der Waals surface area contributed by atoms with Crippen LogP contribution in [0.5, 0.6) is 5.75 Å². The molecular weight excluding hydrogens is 268 g/mol. The van der Waals surface area contributed by atoms with Gasteiger partial charge in [-0.05, 0) is 59.7 Å². The Morgan fingerprint density at radius 3 is 2.45 bits per heavy atom. The van der Waals surface area contributed by atoms with Crippen LogP contribution < -0.4 is 4.74 Å². The predicted octanol–water partition coefficient (Wildman–Crippen LogP) is 5.38. The summed E-state index contributed by atoms with van der Waals surface area (Å²) in [5.41, 5.74) is 4.21. The zero-order valence-electron chi connectivity index (χ0n) is 11.9. The topological polar surface area (TPSA) is 9.23 Å². The quantitative estimate of drug-likeness (QED) is 0.720. The first-order valence-electron chi connectivity index (χ1n) is 7.12. The van der Waals surface area contributed by atoms with Gasteiger partial charge in [0.1, 0.15) is 5.75 Å². The van der Waals surface area contributed by atoms with Crippen molar-refractivity contribution in [1.82, 2.24) is 0 Å². The van der Waals surface area contributed by atoms with Crippen molar-refractivity contribution in [3.63, 3.8) is 0 Å². The predicted molar refractivity (Wildman–Crippen MR) is 83.9 cm³/mol. The van der Waals surface area contributed by atoms with Gasteiger partial charge in [0.2, 0.25) is 0 Å². The van der Waals surface area contributed by atoms with Crippen molar-refractivity contribution in [2.45, 2.75) is 31.6 Å². The van der Waals surface area contributed by atoms with Crippen molar-refractivity contribution in [3.8, 4) is 5.75 Å². The Kier molecular flexibility index (Phi) is 3.71. The summed E-state index contributed by atoms with van der Waals surface area (Å²) in [6.45, 7) is 2.31. The number of ether oxygens (including phenoxy) is 1. The van der Waals surface area contributed by atoms with Crippen LogP contribution >= 0.6 is 11.6 Å². The third-order valence-electron chi connectivity index (χ3n) is 4.36. The molecule has 0 amide bonds. The molecule has 2 atom stereocenters. The van der Waals surface area contributed by atoms with Crippen LogP contribution in [0.15, 0.2) is 42.5 Å². The average molecular weight is 287 g/mol. The van der Waals surface area contributed by atoms with Gasteiger partial charge in [-0.1, -0.05) is 36.7 Å². The highest BCUT2D eigenvalue weighted by molar-refractivity contribution is 6.30. The normalized spacial score (nSPS) is 21.4. The number of hydrogen-bond acceptors (Lipinski definition) is 1. The first-order chi connectivity index (χ1) is 9.69. The monoisotopic (exact) mass is 286 g/mol. The molecule has 0 N–H and O–H groups in total. The largest absolute Gasteiger partial charge is 0.497 e. The van der Waals surface area contributed by atoms with Crippen LogP contribution in [0.2, 0.25) is 5.02 Å². The fraction of sp³-hybridized carbons (Fsp3) is 0.333. The molecule has 0 radical (unpaired) electrons. The Balaban J connectivity index is 2.06. The van der Waals surface area contributed by atoms with Gasteiger partial charge in [0.05, 0.1) is 7.11 Å². The minimum Gasteiger partial charge on any atom is -0.497 e. The van der Waals surface area contributed by atoms with E-state index in [-0.39, 0.29) is 0 Å². The Labute approximate surface area is 125 Å². The molecule has 20 heavy (non-hydrogen) atoms. The van der Waals surface area contributed by atoms with E-state index in [1.807, 2.05) is 12.1 Å². The molecule has 0 bridgehead atoms. The van der Waals surface area contributed by atoms with Crippen LogP contribution in [0.25, 0.3) is 0 Å². The van der Waals surface area contributed by atoms with Crippen LogP contribution in [0.4, 0.5) is 0 Å². The second-order valence-corrected chi connectivity index (χ2v) is 6.01. The van der Waals surface area contributed by atoms with E-state index in [2.05, 4.69) is 37.3 Å². The number of hydrogen-bond donors (Lipinski definition) is 0. The van der Waals surface area contributed by atoms with E-state index >= 15 is 0 Å². The maximum Gasteiger partial charge on any atom is 0.119 e. The standard InChI is InChI=1S/C18H19ClO/c1-12-3-9-17(13-4-6-14(19)7-5-13)18-11-15(20-2)8-10-16(12)18/h4-8,10-12,17H,3,9H2,1-2H3. The van der Waals surface area contributed by atoms with E-state index in [1.165, 1.54) is 29.5 Å². The zero-order chi connectivity index (χ0) is 14.1. The molecule has 0 saturated carbocycles. The zero-order valence-corrected chi connectivity index (χ0v) is 12.7. The Morgan fingerprint density at radius 2 is 1.75 bits per heavy atom. The number of rotatable bonds is 2. The first-order valence-corrected chi connectivity index (χ1v) is 7.50. The number of methoxy groups -OCH3 is 1. The van der Waals surface area contributed by atoms with E-state index in [4.69, 9.17) is 16.3 Å². The maximum absolute atomic E-state index is 6.00. The van der Waals surface area contributed by atoms with Gasteiger partial charge in [0.15, 0.2) is 0 Å². The molecule has 1 aliphatic rings. The van der Waals surface area contributed by atoms with E-state index in [0.29, 0.717) is 11.8 Å². The molecule has 2 aromatic rings. The highest BCUT2D eigenvalue weighted by Crippen LogP contribution is 2.43. The van der Waals surface area contributed by atoms with Crippen LogP contribution in [0.3, 0.4) is 0 Å².